The molecular weight excluding hydrogens is 302 g/mol. The van der Waals surface area contributed by atoms with E-state index in [1.54, 1.807) is 0 Å². The summed E-state index contributed by atoms with van der Waals surface area (Å²) in [5.41, 5.74) is 8.10. The van der Waals surface area contributed by atoms with Gasteiger partial charge in [-0.2, -0.15) is 0 Å². The molecule has 0 unspecified atom stereocenters. The molecule has 0 saturated carbocycles. The topological polar surface area (TPSA) is 67.2 Å². The van der Waals surface area contributed by atoms with E-state index in [-0.39, 0.29) is 0 Å². The molecule has 0 aromatic rings. The van der Waals surface area contributed by atoms with Crippen molar-refractivity contribution in [2.45, 2.75) is 103 Å². The fraction of sp³-hybridized carbons (Fsp3) is 1.00. The van der Waals surface area contributed by atoms with Crippen molar-refractivity contribution >= 4 is 0 Å². The quantitative estimate of drug-likeness (QED) is 0.0591. The van der Waals surface area contributed by atoms with Crippen molar-refractivity contribution in [1.29, 1.82) is 0 Å². The minimum absolute atomic E-state index is 0.471. The van der Waals surface area contributed by atoms with Crippen LogP contribution in [0.2, 0.25) is 0 Å². The van der Waals surface area contributed by atoms with Crippen LogP contribution < -0.4 is 0 Å². The molecule has 0 aliphatic carbocycles. The van der Waals surface area contributed by atoms with Gasteiger partial charge < -0.3 is 0 Å². The Balaban J connectivity index is 2.96. The highest BCUT2D eigenvalue weighted by molar-refractivity contribution is 4.49. The summed E-state index contributed by atoms with van der Waals surface area (Å²) in [5.74, 6) is 0. The second-order valence-electron chi connectivity index (χ2n) is 6.55. The van der Waals surface area contributed by atoms with Crippen LogP contribution in [0, 0.1) is 0 Å². The first-order valence-electron chi connectivity index (χ1n) is 10.2. The maximum absolute atomic E-state index is 8.10. The summed E-state index contributed by atoms with van der Waals surface area (Å²) in [4.78, 5) is 12.8. The lowest BCUT2D eigenvalue weighted by Crippen LogP contribution is -1.99. The van der Waals surface area contributed by atoms with Crippen molar-refractivity contribution in [3.63, 3.8) is 0 Å². The third-order valence-electron chi connectivity index (χ3n) is 4.21. The molecular formula is C19H39N3O2. The Kier molecular flexibility index (Phi) is 21.5. The molecule has 0 aliphatic heterocycles. The normalized spacial score (nSPS) is 10.7. The third-order valence-corrected chi connectivity index (χ3v) is 4.21. The average Bonchev–Trinajstić information content (AvgIpc) is 2.60. The molecule has 0 aromatic heterocycles. The standard InChI is InChI=1S/C19H39N3O2/c1-2-3-4-5-6-7-8-9-10-11-12-13-14-15-18-23-24-19-16-17-21-22-20/h2-19H2,1H3. The zero-order valence-electron chi connectivity index (χ0n) is 15.9. The number of rotatable bonds is 20. The van der Waals surface area contributed by atoms with E-state index in [1.807, 2.05) is 0 Å². The summed E-state index contributed by atoms with van der Waals surface area (Å²) < 4.78 is 0. The van der Waals surface area contributed by atoms with Crippen LogP contribution in [-0.4, -0.2) is 19.8 Å². The van der Waals surface area contributed by atoms with E-state index >= 15 is 0 Å². The number of nitrogens with zero attached hydrogens (tertiary/aromatic N) is 3. The van der Waals surface area contributed by atoms with Gasteiger partial charge in [0.25, 0.3) is 0 Å². The van der Waals surface area contributed by atoms with Gasteiger partial charge >= 0.3 is 0 Å². The van der Waals surface area contributed by atoms with Gasteiger partial charge in [0, 0.05) is 11.5 Å². The molecule has 0 spiro atoms. The van der Waals surface area contributed by atoms with Crippen LogP contribution in [0.1, 0.15) is 103 Å². The van der Waals surface area contributed by atoms with Crippen molar-refractivity contribution in [3.8, 4) is 0 Å². The zero-order chi connectivity index (χ0) is 17.6. The van der Waals surface area contributed by atoms with Crippen molar-refractivity contribution in [2.75, 3.05) is 19.8 Å². The van der Waals surface area contributed by atoms with E-state index < -0.39 is 0 Å². The van der Waals surface area contributed by atoms with Gasteiger partial charge in [-0.05, 0) is 18.4 Å². The number of hydrogen-bond acceptors (Lipinski definition) is 3. The summed E-state index contributed by atoms with van der Waals surface area (Å²) in [6.45, 7) is 3.91. The predicted octanol–water partition coefficient (Wildman–Crippen LogP) is 7.12. The Morgan fingerprint density at radius 1 is 0.625 bits per heavy atom. The van der Waals surface area contributed by atoms with Gasteiger partial charge in [-0.1, -0.05) is 95.5 Å². The molecule has 0 heterocycles. The molecule has 0 amide bonds. The molecule has 0 atom stereocenters. The molecule has 5 nitrogen and oxygen atoms in total. The molecule has 24 heavy (non-hydrogen) atoms. The second kappa shape index (κ2) is 22.2. The predicted molar refractivity (Wildman–Crippen MR) is 101 cm³/mol. The van der Waals surface area contributed by atoms with Crippen LogP contribution in [0.3, 0.4) is 0 Å². The fourth-order valence-electron chi connectivity index (χ4n) is 2.71. The molecule has 0 aliphatic rings. The Hall–Kier alpha value is -0.770. The summed E-state index contributed by atoms with van der Waals surface area (Å²) >= 11 is 0. The minimum Gasteiger partial charge on any atom is -0.237 e. The number of hydrogen-bond donors (Lipinski definition) is 0. The van der Waals surface area contributed by atoms with E-state index in [1.165, 1.54) is 83.5 Å². The molecule has 0 saturated heterocycles. The first-order valence-corrected chi connectivity index (χ1v) is 10.2. The Morgan fingerprint density at radius 2 is 1.04 bits per heavy atom. The molecule has 5 heteroatoms. The van der Waals surface area contributed by atoms with Crippen LogP contribution in [0.25, 0.3) is 10.4 Å². The Labute approximate surface area is 149 Å². The molecule has 0 fully saturated rings. The van der Waals surface area contributed by atoms with Crippen molar-refractivity contribution in [2.24, 2.45) is 5.11 Å². The van der Waals surface area contributed by atoms with E-state index in [4.69, 9.17) is 15.3 Å². The van der Waals surface area contributed by atoms with Gasteiger partial charge in [-0.15, -0.1) is 0 Å². The Bertz CT molecular complexity index is 282. The maximum atomic E-state index is 8.10. The highest BCUT2D eigenvalue weighted by Crippen LogP contribution is 2.12. The Morgan fingerprint density at radius 3 is 1.50 bits per heavy atom. The summed E-state index contributed by atoms with van der Waals surface area (Å²) in [5, 5.41) is 3.43. The van der Waals surface area contributed by atoms with Gasteiger partial charge in [0.05, 0.1) is 13.2 Å². The van der Waals surface area contributed by atoms with Crippen LogP contribution in [-0.2, 0) is 9.78 Å². The molecule has 142 valence electrons. The molecule has 0 N–H and O–H groups in total. The van der Waals surface area contributed by atoms with Crippen LogP contribution in [0.15, 0.2) is 5.11 Å². The SMILES string of the molecule is CCCCCCCCCCCCCCCCOOCCCN=[N+]=[N-]. The molecule has 0 bridgehead atoms. The number of unbranched alkanes of at least 4 members (excludes halogenated alkanes) is 13. The fourth-order valence-corrected chi connectivity index (χ4v) is 2.71. The van der Waals surface area contributed by atoms with Crippen molar-refractivity contribution in [1.82, 2.24) is 0 Å². The smallest absolute Gasteiger partial charge is 0.0823 e. The highest BCUT2D eigenvalue weighted by atomic mass is 17.2. The van der Waals surface area contributed by atoms with Crippen LogP contribution >= 0.6 is 0 Å². The molecule has 0 radical (unpaired) electrons. The second-order valence-corrected chi connectivity index (χ2v) is 6.55. The third kappa shape index (κ3) is 21.2. The van der Waals surface area contributed by atoms with Gasteiger partial charge in [0.2, 0.25) is 0 Å². The minimum atomic E-state index is 0.471. The summed E-state index contributed by atoms with van der Waals surface area (Å²) in [7, 11) is 0. The van der Waals surface area contributed by atoms with Gasteiger partial charge in [-0.3, -0.25) is 0 Å². The molecule has 0 rings (SSSR count). The lowest BCUT2D eigenvalue weighted by atomic mass is 10.0. The highest BCUT2D eigenvalue weighted by Gasteiger charge is 1.95. The first kappa shape index (κ1) is 23.2. The van der Waals surface area contributed by atoms with Crippen molar-refractivity contribution in [3.05, 3.63) is 10.4 Å². The van der Waals surface area contributed by atoms with E-state index in [0.717, 1.165) is 6.42 Å². The van der Waals surface area contributed by atoms with E-state index in [0.29, 0.717) is 26.2 Å². The summed E-state index contributed by atoms with van der Waals surface area (Å²) in [6.07, 6.45) is 19.8. The number of azide groups is 1. The van der Waals surface area contributed by atoms with E-state index in [2.05, 4.69) is 16.9 Å². The van der Waals surface area contributed by atoms with Crippen LogP contribution in [0.4, 0.5) is 0 Å². The van der Waals surface area contributed by atoms with Crippen molar-refractivity contribution < 1.29 is 9.78 Å². The molecule has 0 aromatic carbocycles. The maximum Gasteiger partial charge on any atom is 0.0823 e. The van der Waals surface area contributed by atoms with Gasteiger partial charge in [-0.25, -0.2) is 9.78 Å². The van der Waals surface area contributed by atoms with Gasteiger partial charge in [0.1, 0.15) is 0 Å². The zero-order valence-corrected chi connectivity index (χ0v) is 15.9. The largest absolute Gasteiger partial charge is 0.237 e. The summed E-state index contributed by atoms with van der Waals surface area (Å²) in [6, 6.07) is 0. The van der Waals surface area contributed by atoms with Gasteiger partial charge in [0.15, 0.2) is 0 Å². The lowest BCUT2D eigenvalue weighted by Gasteiger charge is -2.04. The monoisotopic (exact) mass is 341 g/mol. The lowest BCUT2D eigenvalue weighted by molar-refractivity contribution is -0.294. The van der Waals surface area contributed by atoms with Crippen LogP contribution in [0.5, 0.6) is 0 Å². The van der Waals surface area contributed by atoms with E-state index in [9.17, 15) is 0 Å². The first-order chi connectivity index (χ1) is 11.9. The average molecular weight is 342 g/mol.